The third-order valence-electron chi connectivity index (χ3n) is 0.515. The van der Waals surface area contributed by atoms with Gasteiger partial charge in [0, 0.05) is 0 Å². The minimum Gasteiger partial charge on any atom is -0.279 e. The standard InChI is InChI=1S/C3F6O.H2S/c4-2(5,6)1(10)3(7,8)9;/h;1H2. The molecule has 0 radical (unpaired) electrons. The van der Waals surface area contributed by atoms with Crippen LogP contribution in [0.25, 0.3) is 0 Å². The number of alkyl halides is 6. The molecule has 0 aromatic rings. The smallest absolute Gasteiger partial charge is 0.279 e. The van der Waals surface area contributed by atoms with Gasteiger partial charge in [-0.25, -0.2) is 0 Å². The monoisotopic (exact) mass is 200 g/mol. The topological polar surface area (TPSA) is 17.1 Å². The predicted molar refractivity (Wildman–Crippen MR) is 27.5 cm³/mol. The molecule has 0 aliphatic rings. The fourth-order valence-corrected chi connectivity index (χ4v) is 0.161. The molecule has 0 bridgehead atoms. The highest BCUT2D eigenvalue weighted by Gasteiger charge is 2.55. The van der Waals surface area contributed by atoms with Crippen LogP contribution >= 0.6 is 13.5 Å². The number of carbonyl (C=O) groups excluding carboxylic acids is 1. The molecule has 0 rings (SSSR count). The van der Waals surface area contributed by atoms with E-state index in [0.717, 1.165) is 0 Å². The van der Waals surface area contributed by atoms with Crippen molar-refractivity contribution in [3.8, 4) is 0 Å². The van der Waals surface area contributed by atoms with Gasteiger partial charge in [-0.3, -0.25) is 4.79 Å². The Labute approximate surface area is 63.8 Å². The molecule has 0 aromatic carbocycles. The first kappa shape index (κ1) is 13.2. The zero-order valence-corrected chi connectivity index (χ0v) is 5.68. The average molecular weight is 200 g/mol. The lowest BCUT2D eigenvalue weighted by atomic mass is 10.4. The van der Waals surface area contributed by atoms with Crippen LogP contribution < -0.4 is 0 Å². The fraction of sp³-hybridized carbons (Fsp3) is 0.667. The van der Waals surface area contributed by atoms with Crippen molar-refractivity contribution < 1.29 is 31.1 Å². The summed E-state index contributed by atoms with van der Waals surface area (Å²) in [7, 11) is 0. The number of ketones is 1. The maximum atomic E-state index is 10.9. The molecule has 11 heavy (non-hydrogen) atoms. The molecule has 0 unspecified atom stereocenters. The molecule has 0 fully saturated rings. The number of rotatable bonds is 0. The minimum atomic E-state index is -5.82. The molecular formula is C3H2F6OS. The second-order valence-electron chi connectivity index (χ2n) is 1.32. The highest BCUT2D eigenvalue weighted by Crippen LogP contribution is 2.28. The normalized spacial score (nSPS) is 12.2. The molecule has 0 saturated heterocycles. The largest absolute Gasteiger partial charge is 0.459 e. The SMILES string of the molecule is O=C(C(F)(F)F)C(F)(F)F.S. The van der Waals surface area contributed by atoms with Crippen LogP contribution in [-0.4, -0.2) is 18.1 Å². The first-order valence-electron chi connectivity index (χ1n) is 1.84. The summed E-state index contributed by atoms with van der Waals surface area (Å²) in [4.78, 5) is 9.24. The summed E-state index contributed by atoms with van der Waals surface area (Å²) in [5.74, 6) is -3.68. The highest BCUT2D eigenvalue weighted by atomic mass is 32.1. The summed E-state index contributed by atoms with van der Waals surface area (Å²) in [6, 6.07) is 0. The molecule has 0 atom stereocenters. The predicted octanol–water partition coefficient (Wildman–Crippen LogP) is 1.79. The van der Waals surface area contributed by atoms with Crippen molar-refractivity contribution in [2.75, 3.05) is 0 Å². The zero-order chi connectivity index (χ0) is 8.58. The van der Waals surface area contributed by atoms with Gasteiger partial charge in [-0.2, -0.15) is 39.8 Å². The van der Waals surface area contributed by atoms with Gasteiger partial charge in [-0.05, 0) is 0 Å². The van der Waals surface area contributed by atoms with Crippen molar-refractivity contribution >= 4 is 19.3 Å². The molecule has 0 aliphatic heterocycles. The third-order valence-corrected chi connectivity index (χ3v) is 0.515. The average Bonchev–Trinajstić information content (AvgIpc) is 1.59. The maximum Gasteiger partial charge on any atom is 0.459 e. The quantitative estimate of drug-likeness (QED) is 0.545. The molecule has 0 saturated carbocycles. The van der Waals surface area contributed by atoms with Gasteiger partial charge in [-0.15, -0.1) is 0 Å². The summed E-state index contributed by atoms with van der Waals surface area (Å²) in [5.41, 5.74) is 0. The lowest BCUT2D eigenvalue weighted by Gasteiger charge is -2.06. The van der Waals surface area contributed by atoms with Crippen molar-refractivity contribution in [1.29, 1.82) is 0 Å². The van der Waals surface area contributed by atoms with Crippen LogP contribution in [0, 0.1) is 0 Å². The Morgan fingerprint density at radius 1 is 0.818 bits per heavy atom. The van der Waals surface area contributed by atoms with Gasteiger partial charge in [0.05, 0.1) is 0 Å². The Morgan fingerprint density at radius 3 is 1.00 bits per heavy atom. The van der Waals surface area contributed by atoms with Gasteiger partial charge in [0.2, 0.25) is 0 Å². The molecule has 68 valence electrons. The Bertz CT molecular complexity index is 129. The minimum absolute atomic E-state index is 0. The summed E-state index contributed by atoms with van der Waals surface area (Å²) < 4.78 is 65.3. The second-order valence-corrected chi connectivity index (χ2v) is 1.32. The Kier molecular flexibility index (Phi) is 4.00. The molecule has 0 heterocycles. The second kappa shape index (κ2) is 3.33. The van der Waals surface area contributed by atoms with E-state index in [2.05, 4.69) is 0 Å². The van der Waals surface area contributed by atoms with E-state index >= 15 is 0 Å². The van der Waals surface area contributed by atoms with Crippen LogP contribution in [0.4, 0.5) is 26.3 Å². The number of hydrogen-bond acceptors (Lipinski definition) is 1. The molecule has 1 nitrogen and oxygen atoms in total. The van der Waals surface area contributed by atoms with Crippen molar-refractivity contribution in [3.63, 3.8) is 0 Å². The molecule has 8 heteroatoms. The van der Waals surface area contributed by atoms with Crippen LogP contribution in [0.15, 0.2) is 0 Å². The van der Waals surface area contributed by atoms with Gasteiger partial charge in [0.1, 0.15) is 0 Å². The van der Waals surface area contributed by atoms with E-state index in [9.17, 15) is 31.1 Å². The summed E-state index contributed by atoms with van der Waals surface area (Å²) >= 11 is 0. The van der Waals surface area contributed by atoms with Crippen molar-refractivity contribution in [1.82, 2.24) is 0 Å². The first-order valence-corrected chi connectivity index (χ1v) is 1.84. The number of carbonyl (C=O) groups is 1. The number of Topliss-reactive ketones (excluding diaryl/α,β-unsaturated/α-hetero) is 1. The van der Waals surface area contributed by atoms with Gasteiger partial charge in [0.15, 0.2) is 0 Å². The van der Waals surface area contributed by atoms with Crippen LogP contribution in [0.1, 0.15) is 0 Å². The van der Waals surface area contributed by atoms with Crippen LogP contribution in [-0.2, 0) is 4.79 Å². The summed E-state index contributed by atoms with van der Waals surface area (Å²) in [6.45, 7) is 0. The molecule has 0 N–H and O–H groups in total. The Balaban J connectivity index is 0. The van der Waals surface area contributed by atoms with Gasteiger partial charge >= 0.3 is 18.1 Å². The summed E-state index contributed by atoms with van der Waals surface area (Å²) in [5, 5.41) is 0. The number of hydrogen-bond donors (Lipinski definition) is 0. The number of halogens is 6. The van der Waals surface area contributed by atoms with E-state index in [-0.39, 0.29) is 13.5 Å². The van der Waals surface area contributed by atoms with Gasteiger partial charge in [-0.1, -0.05) is 0 Å². The van der Waals surface area contributed by atoms with E-state index in [1.54, 1.807) is 0 Å². The van der Waals surface area contributed by atoms with Crippen LogP contribution in [0.3, 0.4) is 0 Å². The molecule has 0 spiro atoms. The van der Waals surface area contributed by atoms with E-state index in [1.807, 2.05) is 0 Å². The molecular weight excluding hydrogens is 198 g/mol. The molecule has 0 aromatic heterocycles. The van der Waals surface area contributed by atoms with Crippen LogP contribution in [0.2, 0.25) is 0 Å². The zero-order valence-electron chi connectivity index (χ0n) is 4.68. The summed E-state index contributed by atoms with van der Waals surface area (Å²) in [6.07, 6.45) is -11.6. The lowest BCUT2D eigenvalue weighted by Crippen LogP contribution is -2.36. The Morgan fingerprint density at radius 2 is 1.00 bits per heavy atom. The highest BCUT2D eigenvalue weighted by molar-refractivity contribution is 7.59. The van der Waals surface area contributed by atoms with Crippen molar-refractivity contribution in [2.24, 2.45) is 0 Å². The van der Waals surface area contributed by atoms with E-state index in [1.165, 1.54) is 0 Å². The first-order chi connectivity index (χ1) is 4.15. The van der Waals surface area contributed by atoms with Crippen molar-refractivity contribution in [3.05, 3.63) is 0 Å². The fourth-order valence-electron chi connectivity index (χ4n) is 0.161. The van der Waals surface area contributed by atoms with E-state index in [0.29, 0.717) is 0 Å². The van der Waals surface area contributed by atoms with E-state index < -0.39 is 18.1 Å². The van der Waals surface area contributed by atoms with Gasteiger partial charge in [0.25, 0.3) is 0 Å². The lowest BCUT2D eigenvalue weighted by molar-refractivity contribution is -0.217. The van der Waals surface area contributed by atoms with Crippen LogP contribution in [0.5, 0.6) is 0 Å². The molecule has 0 amide bonds. The molecule has 0 aliphatic carbocycles. The van der Waals surface area contributed by atoms with Crippen molar-refractivity contribution in [2.45, 2.75) is 12.4 Å². The third kappa shape index (κ3) is 4.12. The van der Waals surface area contributed by atoms with Gasteiger partial charge < -0.3 is 0 Å². The Hall–Kier alpha value is -0.400. The van der Waals surface area contributed by atoms with E-state index in [4.69, 9.17) is 0 Å². The maximum absolute atomic E-state index is 10.9.